The first-order chi connectivity index (χ1) is 9.08. The van der Waals surface area contributed by atoms with Crippen LogP contribution in [0.5, 0.6) is 0 Å². The van der Waals surface area contributed by atoms with E-state index < -0.39 is 5.97 Å². The van der Waals surface area contributed by atoms with Crippen molar-refractivity contribution in [1.29, 1.82) is 0 Å². The number of carboxylic acid groups (broad SMARTS) is 1. The third kappa shape index (κ3) is 3.21. The molecule has 5 heteroatoms. The van der Waals surface area contributed by atoms with E-state index in [1.807, 2.05) is 0 Å². The van der Waals surface area contributed by atoms with Crippen molar-refractivity contribution in [1.82, 2.24) is 10.3 Å². The summed E-state index contributed by atoms with van der Waals surface area (Å²) < 4.78 is 0. The highest BCUT2D eigenvalue weighted by Crippen LogP contribution is 2.25. The molecule has 112 valence electrons. The maximum absolute atomic E-state index is 12.3. The van der Waals surface area contributed by atoms with Crippen LogP contribution < -0.4 is 5.32 Å². The predicted molar refractivity (Wildman–Crippen MR) is 78.2 cm³/mol. The summed E-state index contributed by atoms with van der Waals surface area (Å²) in [4.78, 5) is 26.1. The molecule has 0 radical (unpaired) electrons. The number of carboxylic acids is 1. The zero-order valence-corrected chi connectivity index (χ0v) is 13.0. The van der Waals surface area contributed by atoms with Gasteiger partial charge in [0.1, 0.15) is 5.69 Å². The number of rotatable bonds is 5. The highest BCUT2D eigenvalue weighted by Gasteiger charge is 2.26. The molecule has 0 unspecified atom stereocenters. The second-order valence-electron chi connectivity index (χ2n) is 6.26. The van der Waals surface area contributed by atoms with Crippen molar-refractivity contribution in [2.45, 2.75) is 41.5 Å². The first-order valence-electron chi connectivity index (χ1n) is 6.78. The molecule has 1 aromatic rings. The lowest BCUT2D eigenvalue weighted by Gasteiger charge is -2.29. The normalized spacial score (nSPS) is 11.8. The number of nitrogens with one attached hydrogen (secondary N) is 2. The first kappa shape index (κ1) is 16.3. The number of hydrogen-bond acceptors (Lipinski definition) is 2. The van der Waals surface area contributed by atoms with Crippen LogP contribution in [-0.4, -0.2) is 28.5 Å². The van der Waals surface area contributed by atoms with Gasteiger partial charge >= 0.3 is 5.97 Å². The molecule has 1 amide bonds. The smallest absolute Gasteiger partial charge is 0.352 e. The van der Waals surface area contributed by atoms with Crippen LogP contribution in [0.2, 0.25) is 0 Å². The number of aromatic amines is 1. The Morgan fingerprint density at radius 3 is 2.25 bits per heavy atom. The minimum Gasteiger partial charge on any atom is -0.477 e. The van der Waals surface area contributed by atoms with Gasteiger partial charge in [0.25, 0.3) is 5.91 Å². The third-order valence-corrected chi connectivity index (χ3v) is 4.15. The molecule has 0 bridgehead atoms. The van der Waals surface area contributed by atoms with Crippen LogP contribution in [0, 0.1) is 25.2 Å². The van der Waals surface area contributed by atoms with Crippen molar-refractivity contribution in [2.24, 2.45) is 11.3 Å². The lowest BCUT2D eigenvalue weighted by atomic mass is 9.81. The van der Waals surface area contributed by atoms with E-state index in [1.165, 1.54) is 0 Å². The molecule has 0 saturated carbocycles. The van der Waals surface area contributed by atoms with Gasteiger partial charge < -0.3 is 15.4 Å². The molecule has 3 N–H and O–H groups in total. The number of hydrogen-bond donors (Lipinski definition) is 3. The summed E-state index contributed by atoms with van der Waals surface area (Å²) in [7, 11) is 0. The third-order valence-electron chi connectivity index (χ3n) is 4.15. The molecule has 0 aliphatic rings. The fourth-order valence-electron chi connectivity index (χ4n) is 1.91. The summed E-state index contributed by atoms with van der Waals surface area (Å²) in [5.41, 5.74) is 1.57. The summed E-state index contributed by atoms with van der Waals surface area (Å²) in [6.07, 6.45) is 0. The number of amides is 1. The van der Waals surface area contributed by atoms with Crippen LogP contribution in [0.3, 0.4) is 0 Å². The van der Waals surface area contributed by atoms with Gasteiger partial charge in [-0.15, -0.1) is 0 Å². The number of aryl methyl sites for hydroxylation is 1. The molecule has 0 spiro atoms. The van der Waals surface area contributed by atoms with E-state index in [0.717, 1.165) is 0 Å². The fourth-order valence-corrected chi connectivity index (χ4v) is 1.91. The minimum absolute atomic E-state index is 0.0105. The Hall–Kier alpha value is -1.78. The highest BCUT2D eigenvalue weighted by atomic mass is 16.4. The minimum atomic E-state index is -1.05. The van der Waals surface area contributed by atoms with Crippen LogP contribution in [0.25, 0.3) is 0 Å². The Bertz CT molecular complexity index is 527. The molecule has 0 aliphatic heterocycles. The van der Waals surface area contributed by atoms with Gasteiger partial charge in [-0.1, -0.05) is 27.7 Å². The topological polar surface area (TPSA) is 82.2 Å². The molecule has 20 heavy (non-hydrogen) atoms. The Kier molecular flexibility index (Phi) is 4.63. The van der Waals surface area contributed by atoms with Crippen molar-refractivity contribution >= 4 is 11.9 Å². The van der Waals surface area contributed by atoms with Crippen LogP contribution in [-0.2, 0) is 0 Å². The number of carbonyl (C=O) groups excluding carboxylic acids is 1. The molecule has 0 atom stereocenters. The van der Waals surface area contributed by atoms with Crippen LogP contribution >= 0.6 is 0 Å². The Morgan fingerprint density at radius 1 is 1.30 bits per heavy atom. The zero-order chi connectivity index (χ0) is 15.7. The van der Waals surface area contributed by atoms with E-state index in [1.54, 1.807) is 13.8 Å². The lowest BCUT2D eigenvalue weighted by molar-refractivity contribution is 0.0690. The fraction of sp³-hybridized carbons (Fsp3) is 0.600. The standard InChI is InChI=1S/C15H24N2O3/c1-8(2)15(5,6)7-16-13(18)11-9(3)12(14(19)20)17-10(11)4/h8,17H,7H2,1-6H3,(H,16,18)(H,19,20). The number of H-pyrrole nitrogens is 1. The average Bonchev–Trinajstić information content (AvgIpc) is 2.62. The maximum Gasteiger partial charge on any atom is 0.352 e. The van der Waals surface area contributed by atoms with Gasteiger partial charge in [-0.25, -0.2) is 4.79 Å². The van der Waals surface area contributed by atoms with Crippen LogP contribution in [0.4, 0.5) is 0 Å². The summed E-state index contributed by atoms with van der Waals surface area (Å²) in [6.45, 7) is 12.3. The van der Waals surface area contributed by atoms with Gasteiger partial charge in [0.05, 0.1) is 5.56 Å². The SMILES string of the molecule is Cc1[nH]c(C(=O)O)c(C)c1C(=O)NCC(C)(C)C(C)C. The highest BCUT2D eigenvalue weighted by molar-refractivity contribution is 6.00. The molecule has 0 aliphatic carbocycles. The van der Waals surface area contributed by atoms with E-state index in [0.29, 0.717) is 29.3 Å². The van der Waals surface area contributed by atoms with E-state index in [-0.39, 0.29) is 17.0 Å². The molecule has 1 aromatic heterocycles. The average molecular weight is 280 g/mol. The summed E-state index contributed by atoms with van der Waals surface area (Å²) >= 11 is 0. The van der Waals surface area contributed by atoms with Crippen LogP contribution in [0.15, 0.2) is 0 Å². The van der Waals surface area contributed by atoms with E-state index in [9.17, 15) is 9.59 Å². The Morgan fingerprint density at radius 2 is 1.85 bits per heavy atom. The number of carbonyl (C=O) groups is 2. The van der Waals surface area contributed by atoms with Crippen molar-refractivity contribution < 1.29 is 14.7 Å². The summed E-state index contributed by atoms with van der Waals surface area (Å²) in [5.74, 6) is -0.838. The molecule has 0 saturated heterocycles. The van der Waals surface area contributed by atoms with Gasteiger partial charge in [0, 0.05) is 12.2 Å². The largest absolute Gasteiger partial charge is 0.477 e. The molecular formula is C15H24N2O3. The van der Waals surface area contributed by atoms with Crippen molar-refractivity contribution in [3.8, 4) is 0 Å². The lowest BCUT2D eigenvalue weighted by Crippen LogP contribution is -2.37. The maximum atomic E-state index is 12.3. The van der Waals surface area contributed by atoms with E-state index in [4.69, 9.17) is 5.11 Å². The number of aromatic nitrogens is 1. The Balaban J connectivity index is 2.92. The second-order valence-corrected chi connectivity index (χ2v) is 6.26. The quantitative estimate of drug-likeness (QED) is 0.775. The second kappa shape index (κ2) is 5.69. The zero-order valence-electron chi connectivity index (χ0n) is 13.0. The monoisotopic (exact) mass is 280 g/mol. The van der Waals surface area contributed by atoms with Gasteiger partial charge in [-0.2, -0.15) is 0 Å². The van der Waals surface area contributed by atoms with Crippen molar-refractivity contribution in [3.63, 3.8) is 0 Å². The van der Waals surface area contributed by atoms with Gasteiger partial charge in [0.2, 0.25) is 0 Å². The summed E-state index contributed by atoms with van der Waals surface area (Å²) in [5, 5.41) is 12.0. The number of aromatic carboxylic acids is 1. The van der Waals surface area contributed by atoms with Gasteiger partial charge in [-0.05, 0) is 30.7 Å². The first-order valence-corrected chi connectivity index (χ1v) is 6.78. The van der Waals surface area contributed by atoms with Gasteiger partial charge in [0.15, 0.2) is 0 Å². The summed E-state index contributed by atoms with van der Waals surface area (Å²) in [6, 6.07) is 0. The Labute approximate surface area is 119 Å². The molecule has 1 heterocycles. The van der Waals surface area contributed by atoms with E-state index >= 15 is 0 Å². The molecule has 5 nitrogen and oxygen atoms in total. The van der Waals surface area contributed by atoms with Crippen molar-refractivity contribution in [2.75, 3.05) is 6.54 Å². The molecule has 1 rings (SSSR count). The molecule has 0 fully saturated rings. The van der Waals surface area contributed by atoms with Gasteiger partial charge in [-0.3, -0.25) is 4.79 Å². The van der Waals surface area contributed by atoms with Crippen molar-refractivity contribution in [3.05, 3.63) is 22.5 Å². The van der Waals surface area contributed by atoms with Crippen LogP contribution in [0.1, 0.15) is 59.8 Å². The molecular weight excluding hydrogens is 256 g/mol. The van der Waals surface area contributed by atoms with E-state index in [2.05, 4.69) is 38.0 Å². The predicted octanol–water partition coefficient (Wildman–Crippen LogP) is 2.74. The molecule has 0 aromatic carbocycles.